The first-order valence-corrected chi connectivity index (χ1v) is 9.20. The van der Waals surface area contributed by atoms with Crippen molar-refractivity contribution in [3.63, 3.8) is 0 Å². The Labute approximate surface area is 146 Å². The molecule has 0 saturated carbocycles. The van der Waals surface area contributed by atoms with E-state index in [9.17, 15) is 13.5 Å². The number of ether oxygens (including phenoxy) is 3. The second-order valence-electron chi connectivity index (χ2n) is 5.47. The molecule has 134 valence electrons. The number of hydrogen-bond donors (Lipinski definition) is 2. The lowest BCUT2D eigenvalue weighted by molar-refractivity contribution is 0.166. The van der Waals surface area contributed by atoms with Crippen LogP contribution in [0.15, 0.2) is 47.4 Å². The van der Waals surface area contributed by atoms with Gasteiger partial charge in [-0.2, -0.15) is 0 Å². The van der Waals surface area contributed by atoms with Crippen LogP contribution in [0.5, 0.6) is 17.2 Å². The average Bonchev–Trinajstić information content (AvgIpc) is 3.09. The van der Waals surface area contributed by atoms with Crippen molar-refractivity contribution in [2.75, 3.05) is 20.4 Å². The zero-order chi connectivity index (χ0) is 17.9. The van der Waals surface area contributed by atoms with Crippen molar-refractivity contribution in [2.45, 2.75) is 17.4 Å². The molecule has 1 atom stereocenters. The molecule has 0 amide bonds. The lowest BCUT2D eigenvalue weighted by Crippen LogP contribution is -2.26. The van der Waals surface area contributed by atoms with Crippen molar-refractivity contribution in [1.29, 1.82) is 0 Å². The highest BCUT2D eigenvalue weighted by Crippen LogP contribution is 2.34. The molecule has 0 saturated heterocycles. The summed E-state index contributed by atoms with van der Waals surface area (Å²) in [5, 5.41) is 10.3. The van der Waals surface area contributed by atoms with Gasteiger partial charge in [-0.1, -0.05) is 18.2 Å². The molecule has 8 heteroatoms. The van der Waals surface area contributed by atoms with E-state index in [-0.39, 0.29) is 30.4 Å². The number of benzene rings is 2. The number of fused-ring (bicyclic) bond motifs is 1. The summed E-state index contributed by atoms with van der Waals surface area (Å²) < 4.78 is 42.8. The summed E-state index contributed by atoms with van der Waals surface area (Å²) in [7, 11) is -2.31. The van der Waals surface area contributed by atoms with Gasteiger partial charge in [0.2, 0.25) is 16.8 Å². The normalized spacial score (nSPS) is 14.3. The van der Waals surface area contributed by atoms with Crippen LogP contribution in [0.2, 0.25) is 0 Å². The molecule has 25 heavy (non-hydrogen) atoms. The summed E-state index contributed by atoms with van der Waals surface area (Å²) in [4.78, 5) is 0.0649. The minimum Gasteiger partial charge on any atom is -0.495 e. The summed E-state index contributed by atoms with van der Waals surface area (Å²) in [5.74, 6) is 1.48. The van der Waals surface area contributed by atoms with E-state index >= 15 is 0 Å². The standard InChI is InChI=1S/C17H19NO6S/c1-22-15-4-2-3-5-17(15)25(20,21)18-9-8-13(19)12-6-7-14-16(10-12)24-11-23-14/h2-7,10,13,18-19H,8-9,11H2,1H3. The topological polar surface area (TPSA) is 94.1 Å². The molecule has 0 aromatic heterocycles. The number of rotatable bonds is 7. The van der Waals surface area contributed by atoms with Crippen molar-refractivity contribution in [3.8, 4) is 17.2 Å². The van der Waals surface area contributed by atoms with Crippen molar-refractivity contribution < 1.29 is 27.7 Å². The Bertz CT molecular complexity index is 852. The Kier molecular flexibility index (Phi) is 5.12. The summed E-state index contributed by atoms with van der Waals surface area (Å²) >= 11 is 0. The molecule has 1 heterocycles. The van der Waals surface area contributed by atoms with E-state index < -0.39 is 16.1 Å². The van der Waals surface area contributed by atoms with Crippen LogP contribution in [-0.2, 0) is 10.0 Å². The molecule has 2 aromatic carbocycles. The highest BCUT2D eigenvalue weighted by molar-refractivity contribution is 7.89. The Morgan fingerprint density at radius 2 is 1.96 bits per heavy atom. The van der Waals surface area contributed by atoms with Crippen molar-refractivity contribution in [1.82, 2.24) is 4.72 Å². The largest absolute Gasteiger partial charge is 0.495 e. The molecule has 1 aliphatic rings. The van der Waals surface area contributed by atoms with Gasteiger partial charge < -0.3 is 19.3 Å². The summed E-state index contributed by atoms with van der Waals surface area (Å²) in [5.41, 5.74) is 0.640. The third-order valence-corrected chi connectivity index (χ3v) is 5.35. The van der Waals surface area contributed by atoms with Gasteiger partial charge in [0.1, 0.15) is 10.6 Å². The van der Waals surface area contributed by atoms with E-state index in [1.54, 1.807) is 36.4 Å². The highest BCUT2D eigenvalue weighted by atomic mass is 32.2. The van der Waals surface area contributed by atoms with Crippen LogP contribution >= 0.6 is 0 Å². The fraction of sp³-hybridized carbons (Fsp3) is 0.294. The number of hydrogen-bond acceptors (Lipinski definition) is 6. The van der Waals surface area contributed by atoms with Gasteiger partial charge in [-0.3, -0.25) is 0 Å². The molecule has 0 fully saturated rings. The van der Waals surface area contributed by atoms with E-state index in [1.165, 1.54) is 13.2 Å². The van der Waals surface area contributed by atoms with Gasteiger partial charge in [-0.15, -0.1) is 0 Å². The maximum Gasteiger partial charge on any atom is 0.244 e. The van der Waals surface area contributed by atoms with E-state index in [2.05, 4.69) is 4.72 Å². The van der Waals surface area contributed by atoms with Gasteiger partial charge in [0, 0.05) is 6.54 Å². The predicted molar refractivity (Wildman–Crippen MR) is 90.3 cm³/mol. The number of methoxy groups -OCH3 is 1. The second kappa shape index (κ2) is 7.30. The summed E-state index contributed by atoms with van der Waals surface area (Å²) in [6.07, 6.45) is -0.608. The first-order chi connectivity index (χ1) is 12.0. The zero-order valence-electron chi connectivity index (χ0n) is 13.6. The first kappa shape index (κ1) is 17.5. The Balaban J connectivity index is 1.62. The van der Waals surface area contributed by atoms with Gasteiger partial charge in [-0.25, -0.2) is 13.1 Å². The Morgan fingerprint density at radius 3 is 2.76 bits per heavy atom. The fourth-order valence-corrected chi connectivity index (χ4v) is 3.75. The predicted octanol–water partition coefficient (Wildman–Crippen LogP) is 1.83. The summed E-state index contributed by atoms with van der Waals surface area (Å²) in [6.45, 7) is 0.240. The average molecular weight is 365 g/mol. The van der Waals surface area contributed by atoms with Gasteiger partial charge in [0.15, 0.2) is 11.5 Å². The molecule has 3 rings (SSSR count). The maximum absolute atomic E-state index is 12.4. The maximum atomic E-state index is 12.4. The van der Waals surface area contributed by atoms with E-state index in [1.807, 2.05) is 0 Å². The molecule has 0 radical (unpaired) electrons. The van der Waals surface area contributed by atoms with Gasteiger partial charge in [0.25, 0.3) is 0 Å². The van der Waals surface area contributed by atoms with E-state index in [0.717, 1.165) is 0 Å². The molecule has 2 aromatic rings. The van der Waals surface area contributed by atoms with Crippen LogP contribution in [-0.4, -0.2) is 34.0 Å². The molecule has 7 nitrogen and oxygen atoms in total. The zero-order valence-corrected chi connectivity index (χ0v) is 14.5. The number of aliphatic hydroxyl groups excluding tert-OH is 1. The molecule has 1 aliphatic heterocycles. The van der Waals surface area contributed by atoms with E-state index in [0.29, 0.717) is 17.1 Å². The molecular weight excluding hydrogens is 346 g/mol. The lowest BCUT2D eigenvalue weighted by atomic mass is 10.1. The molecule has 0 aliphatic carbocycles. The summed E-state index contributed by atoms with van der Waals surface area (Å²) in [6, 6.07) is 11.5. The lowest BCUT2D eigenvalue weighted by Gasteiger charge is -2.13. The first-order valence-electron chi connectivity index (χ1n) is 7.71. The second-order valence-corrected chi connectivity index (χ2v) is 7.20. The third-order valence-electron chi connectivity index (χ3n) is 3.85. The number of aliphatic hydroxyl groups is 1. The third kappa shape index (κ3) is 3.87. The van der Waals surface area contributed by atoms with Crippen molar-refractivity contribution in [3.05, 3.63) is 48.0 Å². The van der Waals surface area contributed by atoms with Gasteiger partial charge >= 0.3 is 0 Å². The van der Waals surface area contributed by atoms with E-state index in [4.69, 9.17) is 14.2 Å². The molecular formula is C17H19NO6S. The van der Waals surface area contributed by atoms with Gasteiger partial charge in [-0.05, 0) is 36.2 Å². The van der Waals surface area contributed by atoms with Crippen LogP contribution in [0.4, 0.5) is 0 Å². The van der Waals surface area contributed by atoms with Crippen molar-refractivity contribution >= 4 is 10.0 Å². The van der Waals surface area contributed by atoms with Crippen LogP contribution in [0, 0.1) is 0 Å². The van der Waals surface area contributed by atoms with Crippen LogP contribution in [0.25, 0.3) is 0 Å². The molecule has 2 N–H and O–H groups in total. The smallest absolute Gasteiger partial charge is 0.244 e. The number of para-hydroxylation sites is 1. The molecule has 0 bridgehead atoms. The molecule has 1 unspecified atom stereocenters. The fourth-order valence-electron chi connectivity index (χ4n) is 2.54. The molecule has 0 spiro atoms. The quantitative estimate of drug-likeness (QED) is 0.777. The number of sulfonamides is 1. The van der Waals surface area contributed by atoms with Crippen LogP contribution < -0.4 is 18.9 Å². The Hall–Kier alpha value is -2.29. The van der Waals surface area contributed by atoms with Crippen LogP contribution in [0.1, 0.15) is 18.1 Å². The van der Waals surface area contributed by atoms with Crippen molar-refractivity contribution in [2.24, 2.45) is 0 Å². The monoisotopic (exact) mass is 365 g/mol. The minimum absolute atomic E-state index is 0.0649. The Morgan fingerprint density at radius 1 is 1.20 bits per heavy atom. The van der Waals surface area contributed by atoms with Crippen LogP contribution in [0.3, 0.4) is 0 Å². The minimum atomic E-state index is -3.72. The highest BCUT2D eigenvalue weighted by Gasteiger charge is 2.20. The SMILES string of the molecule is COc1ccccc1S(=O)(=O)NCCC(O)c1ccc2c(c1)OCO2. The number of nitrogens with one attached hydrogen (secondary N) is 1. The van der Waals surface area contributed by atoms with Gasteiger partial charge in [0.05, 0.1) is 13.2 Å².